The molecule has 0 unspecified atom stereocenters. The maximum Gasteiger partial charge on any atom is 0.348 e. The average molecular weight is 324 g/mol. The number of carboxylic acid groups (broad SMARTS) is 1. The predicted molar refractivity (Wildman–Crippen MR) is 93.7 cm³/mol. The summed E-state index contributed by atoms with van der Waals surface area (Å²) in [6, 6.07) is 15.4. The van der Waals surface area contributed by atoms with E-state index in [1.54, 1.807) is 0 Å². The third kappa shape index (κ3) is 3.24. The number of hydrogen-bond donors (Lipinski definition) is 2. The summed E-state index contributed by atoms with van der Waals surface area (Å²) in [4.78, 5) is 16.2. The highest BCUT2D eigenvalue weighted by Gasteiger charge is 2.18. The van der Waals surface area contributed by atoms with E-state index in [9.17, 15) is 9.90 Å². The van der Waals surface area contributed by atoms with E-state index in [1.807, 2.05) is 55.5 Å². The summed E-state index contributed by atoms with van der Waals surface area (Å²) >= 11 is 1.15. The largest absolute Gasteiger partial charge is 0.477 e. The average Bonchev–Trinajstić information content (AvgIpc) is 2.96. The van der Waals surface area contributed by atoms with E-state index < -0.39 is 5.97 Å². The van der Waals surface area contributed by atoms with Crippen LogP contribution in [0.1, 0.15) is 20.8 Å². The number of nitrogens with one attached hydrogen (secondary N) is 1. The van der Waals surface area contributed by atoms with Gasteiger partial charge in [-0.3, -0.25) is 0 Å². The third-order valence-corrected chi connectivity index (χ3v) is 4.59. The van der Waals surface area contributed by atoms with Crippen molar-refractivity contribution in [1.29, 1.82) is 0 Å². The van der Waals surface area contributed by atoms with Gasteiger partial charge in [0.1, 0.15) is 4.88 Å². The first kappa shape index (κ1) is 15.2. The molecule has 3 aromatic rings. The van der Waals surface area contributed by atoms with Gasteiger partial charge in [-0.25, -0.2) is 9.78 Å². The molecule has 1 aromatic heterocycles. The Morgan fingerprint density at radius 2 is 1.83 bits per heavy atom. The Morgan fingerprint density at radius 3 is 2.48 bits per heavy atom. The number of aryl methyl sites for hydroxylation is 2. The smallest absolute Gasteiger partial charge is 0.348 e. The minimum absolute atomic E-state index is 0.238. The first-order valence-corrected chi connectivity index (χ1v) is 8.00. The molecule has 2 N–H and O–H groups in total. The van der Waals surface area contributed by atoms with Crippen LogP contribution < -0.4 is 5.32 Å². The summed E-state index contributed by atoms with van der Waals surface area (Å²) in [7, 11) is 0. The lowest BCUT2D eigenvalue weighted by Gasteiger charge is -2.05. The zero-order chi connectivity index (χ0) is 16.4. The lowest BCUT2D eigenvalue weighted by Crippen LogP contribution is -1.95. The monoisotopic (exact) mass is 324 g/mol. The number of nitrogens with zero attached hydrogens (tertiary/aromatic N) is 1. The fourth-order valence-corrected chi connectivity index (χ4v) is 3.10. The second-order valence-electron chi connectivity index (χ2n) is 5.29. The first-order valence-electron chi connectivity index (χ1n) is 7.18. The van der Waals surface area contributed by atoms with Crippen LogP contribution in [0.2, 0.25) is 0 Å². The minimum atomic E-state index is -0.963. The maximum atomic E-state index is 11.5. The Labute approximate surface area is 138 Å². The number of hydrogen-bond acceptors (Lipinski definition) is 4. The van der Waals surface area contributed by atoms with Crippen LogP contribution in [-0.2, 0) is 0 Å². The summed E-state index contributed by atoms with van der Waals surface area (Å²) < 4.78 is 0. The molecule has 0 fully saturated rings. The molecule has 0 saturated heterocycles. The zero-order valence-electron chi connectivity index (χ0n) is 12.8. The molecule has 2 aromatic carbocycles. The van der Waals surface area contributed by atoms with Crippen LogP contribution in [-0.4, -0.2) is 16.1 Å². The topological polar surface area (TPSA) is 62.2 Å². The fourth-order valence-electron chi connectivity index (χ4n) is 2.25. The van der Waals surface area contributed by atoms with Gasteiger partial charge >= 0.3 is 5.97 Å². The molecule has 23 heavy (non-hydrogen) atoms. The van der Waals surface area contributed by atoms with Crippen LogP contribution in [0.15, 0.2) is 48.5 Å². The molecule has 0 aliphatic heterocycles. The zero-order valence-corrected chi connectivity index (χ0v) is 13.6. The van der Waals surface area contributed by atoms with Gasteiger partial charge < -0.3 is 10.4 Å². The summed E-state index contributed by atoms with van der Waals surface area (Å²) in [6.45, 7) is 4.10. The van der Waals surface area contributed by atoms with Gasteiger partial charge in [0, 0.05) is 11.3 Å². The molecule has 0 atom stereocenters. The van der Waals surface area contributed by atoms with Crippen molar-refractivity contribution in [1.82, 2.24) is 4.98 Å². The van der Waals surface area contributed by atoms with Crippen molar-refractivity contribution in [3.05, 3.63) is 64.5 Å². The number of aromatic nitrogens is 1. The third-order valence-electron chi connectivity index (χ3n) is 3.63. The van der Waals surface area contributed by atoms with Crippen molar-refractivity contribution >= 4 is 28.1 Å². The van der Waals surface area contributed by atoms with Crippen LogP contribution in [0.5, 0.6) is 0 Å². The van der Waals surface area contributed by atoms with Gasteiger partial charge in [0.05, 0.1) is 5.69 Å². The van der Waals surface area contributed by atoms with Crippen molar-refractivity contribution in [2.45, 2.75) is 13.8 Å². The van der Waals surface area contributed by atoms with E-state index >= 15 is 0 Å². The number of anilines is 2. The van der Waals surface area contributed by atoms with Gasteiger partial charge in [0.25, 0.3) is 0 Å². The van der Waals surface area contributed by atoms with Crippen molar-refractivity contribution in [2.75, 3.05) is 5.32 Å². The second kappa shape index (κ2) is 6.22. The second-order valence-corrected chi connectivity index (χ2v) is 6.29. The van der Waals surface area contributed by atoms with Crippen LogP contribution >= 0.6 is 11.3 Å². The Kier molecular flexibility index (Phi) is 4.12. The molecule has 0 aliphatic rings. The molecular formula is C18H16N2O2S. The quantitative estimate of drug-likeness (QED) is 0.719. The number of benzene rings is 2. The van der Waals surface area contributed by atoms with E-state index in [0.717, 1.165) is 22.6 Å². The van der Waals surface area contributed by atoms with Gasteiger partial charge in [-0.15, -0.1) is 0 Å². The van der Waals surface area contributed by atoms with Crippen LogP contribution in [0.25, 0.3) is 11.3 Å². The Balaban J connectivity index is 1.98. The maximum absolute atomic E-state index is 11.5. The molecule has 0 spiro atoms. The number of thiazole rings is 1. The molecule has 0 radical (unpaired) electrons. The lowest BCUT2D eigenvalue weighted by molar-refractivity contribution is 0.0702. The molecular weight excluding hydrogens is 308 g/mol. The fraction of sp³-hybridized carbons (Fsp3) is 0.111. The highest BCUT2D eigenvalue weighted by Crippen LogP contribution is 2.32. The van der Waals surface area contributed by atoms with E-state index in [1.165, 1.54) is 11.1 Å². The van der Waals surface area contributed by atoms with Crippen LogP contribution in [0.3, 0.4) is 0 Å². The molecule has 116 valence electrons. The summed E-state index contributed by atoms with van der Waals surface area (Å²) in [6.07, 6.45) is 0. The van der Waals surface area contributed by atoms with E-state index in [0.29, 0.717) is 10.8 Å². The molecule has 3 rings (SSSR count). The number of rotatable bonds is 4. The van der Waals surface area contributed by atoms with Gasteiger partial charge in [0.15, 0.2) is 5.13 Å². The highest BCUT2D eigenvalue weighted by atomic mass is 32.1. The van der Waals surface area contributed by atoms with Gasteiger partial charge in [-0.1, -0.05) is 47.7 Å². The minimum Gasteiger partial charge on any atom is -0.477 e. The first-order chi connectivity index (χ1) is 11.0. The van der Waals surface area contributed by atoms with Crippen molar-refractivity contribution in [3.63, 3.8) is 0 Å². The summed E-state index contributed by atoms with van der Waals surface area (Å²) in [5.74, 6) is -0.963. The van der Waals surface area contributed by atoms with Gasteiger partial charge in [0.2, 0.25) is 0 Å². The molecule has 0 amide bonds. The highest BCUT2D eigenvalue weighted by molar-refractivity contribution is 7.18. The Morgan fingerprint density at radius 1 is 1.09 bits per heavy atom. The van der Waals surface area contributed by atoms with Gasteiger partial charge in [-0.2, -0.15) is 0 Å². The van der Waals surface area contributed by atoms with Crippen LogP contribution in [0, 0.1) is 13.8 Å². The van der Waals surface area contributed by atoms with E-state index in [4.69, 9.17) is 0 Å². The normalized spacial score (nSPS) is 10.5. The van der Waals surface area contributed by atoms with Crippen molar-refractivity contribution in [2.24, 2.45) is 0 Å². The predicted octanol–water partition coefficient (Wildman–Crippen LogP) is 4.87. The molecule has 0 saturated carbocycles. The van der Waals surface area contributed by atoms with E-state index in [-0.39, 0.29) is 4.88 Å². The molecule has 0 bridgehead atoms. The number of carbonyl (C=O) groups is 1. The number of carboxylic acids is 1. The van der Waals surface area contributed by atoms with Crippen molar-refractivity contribution in [3.8, 4) is 11.3 Å². The SMILES string of the molecule is Cc1ccc(Nc2nc(-c3ccccc3)c(C(=O)O)s2)cc1C. The summed E-state index contributed by atoms with van der Waals surface area (Å²) in [5.41, 5.74) is 4.58. The molecule has 5 heteroatoms. The number of aromatic carboxylic acids is 1. The Bertz CT molecular complexity index is 857. The van der Waals surface area contributed by atoms with Crippen LogP contribution in [0.4, 0.5) is 10.8 Å². The molecule has 0 aliphatic carbocycles. The lowest BCUT2D eigenvalue weighted by atomic mass is 10.1. The molecule has 1 heterocycles. The molecule has 4 nitrogen and oxygen atoms in total. The standard InChI is InChI=1S/C18H16N2O2S/c1-11-8-9-14(10-12(11)2)19-18-20-15(16(23-18)17(21)22)13-6-4-3-5-7-13/h3-10H,1-2H3,(H,19,20)(H,21,22). The Hall–Kier alpha value is -2.66. The van der Waals surface area contributed by atoms with Crippen molar-refractivity contribution < 1.29 is 9.90 Å². The van der Waals surface area contributed by atoms with Gasteiger partial charge in [-0.05, 0) is 37.1 Å². The van der Waals surface area contributed by atoms with E-state index in [2.05, 4.69) is 17.2 Å². The summed E-state index contributed by atoms with van der Waals surface area (Å²) in [5, 5.41) is 13.2.